The first-order valence-electron chi connectivity index (χ1n) is 6.45. The van der Waals surface area contributed by atoms with E-state index in [1.54, 1.807) is 24.3 Å². The normalized spacial score (nSPS) is 10.6. The van der Waals surface area contributed by atoms with Crippen LogP contribution in [0, 0.1) is 5.82 Å². The lowest BCUT2D eigenvalue weighted by Crippen LogP contribution is -2.25. The van der Waals surface area contributed by atoms with Gasteiger partial charge in [-0.25, -0.2) is 4.39 Å². The van der Waals surface area contributed by atoms with Crippen LogP contribution in [0.3, 0.4) is 0 Å². The molecule has 0 bridgehead atoms. The Morgan fingerprint density at radius 1 is 1.05 bits per heavy atom. The highest BCUT2D eigenvalue weighted by molar-refractivity contribution is 6.13. The van der Waals surface area contributed by atoms with Crippen LogP contribution in [0.1, 0.15) is 20.8 Å². The van der Waals surface area contributed by atoms with Gasteiger partial charge in [-0.05, 0) is 30.3 Å². The quantitative estimate of drug-likeness (QED) is 0.774. The lowest BCUT2D eigenvalue weighted by molar-refractivity contribution is -0.255. The Labute approximate surface area is 124 Å². The lowest BCUT2D eigenvalue weighted by atomic mass is 10.2. The lowest BCUT2D eigenvalue weighted by Gasteiger charge is -2.08. The van der Waals surface area contributed by atoms with Crippen LogP contribution in [-0.4, -0.2) is 16.9 Å². The first kappa shape index (κ1) is 13.8. The summed E-state index contributed by atoms with van der Waals surface area (Å²) in [5.41, 5.74) is 0.702. The standard InChI is InChI=1S/C16H11FN2O3/c17-10-7-5-9(6-8-10)15(20)19-13-11-3-1-2-4-12(11)18-14(13)16(21)22/h1-8,18H,(H,19,20)(H,21,22)/p-1. The third kappa shape index (κ3) is 2.42. The van der Waals surface area contributed by atoms with E-state index in [2.05, 4.69) is 10.3 Å². The molecule has 0 spiro atoms. The molecule has 0 unspecified atom stereocenters. The van der Waals surface area contributed by atoms with E-state index < -0.39 is 17.7 Å². The number of carboxylic acid groups (broad SMARTS) is 1. The van der Waals surface area contributed by atoms with Crippen LogP contribution in [-0.2, 0) is 0 Å². The number of carbonyl (C=O) groups excluding carboxylic acids is 2. The number of H-pyrrole nitrogens is 1. The summed E-state index contributed by atoms with van der Waals surface area (Å²) in [4.78, 5) is 26.1. The number of aromatic amines is 1. The predicted molar refractivity (Wildman–Crippen MR) is 77.0 cm³/mol. The van der Waals surface area contributed by atoms with Crippen LogP contribution < -0.4 is 10.4 Å². The molecule has 0 saturated heterocycles. The summed E-state index contributed by atoms with van der Waals surface area (Å²) in [5.74, 6) is -2.42. The zero-order valence-electron chi connectivity index (χ0n) is 11.2. The molecule has 22 heavy (non-hydrogen) atoms. The number of hydrogen-bond donors (Lipinski definition) is 2. The summed E-state index contributed by atoms with van der Waals surface area (Å²) in [6.07, 6.45) is 0. The maximum Gasteiger partial charge on any atom is 0.255 e. The Morgan fingerprint density at radius 3 is 2.41 bits per heavy atom. The predicted octanol–water partition coefficient (Wildman–Crippen LogP) is 1.92. The molecule has 0 fully saturated rings. The molecule has 3 rings (SSSR count). The number of aromatic nitrogens is 1. The van der Waals surface area contributed by atoms with Crippen LogP contribution in [0.4, 0.5) is 10.1 Å². The molecule has 6 heteroatoms. The van der Waals surface area contributed by atoms with Crippen molar-refractivity contribution in [2.75, 3.05) is 5.32 Å². The van der Waals surface area contributed by atoms with Gasteiger partial charge in [0.2, 0.25) is 0 Å². The molecule has 2 N–H and O–H groups in total. The SMILES string of the molecule is O=C(Nc1c(C(=O)[O-])[nH]c2ccccc12)c1ccc(F)cc1. The van der Waals surface area contributed by atoms with Crippen LogP contribution >= 0.6 is 0 Å². The van der Waals surface area contributed by atoms with Gasteiger partial charge in [0.1, 0.15) is 5.82 Å². The highest BCUT2D eigenvalue weighted by atomic mass is 19.1. The summed E-state index contributed by atoms with van der Waals surface area (Å²) >= 11 is 0. The van der Waals surface area contributed by atoms with Crippen molar-refractivity contribution in [3.63, 3.8) is 0 Å². The number of fused-ring (bicyclic) bond motifs is 1. The maximum atomic E-state index is 12.9. The highest BCUT2D eigenvalue weighted by Gasteiger charge is 2.15. The molecule has 3 aromatic rings. The average molecular weight is 297 g/mol. The van der Waals surface area contributed by atoms with E-state index in [1.165, 1.54) is 12.1 Å². The number of nitrogens with one attached hydrogen (secondary N) is 2. The highest BCUT2D eigenvalue weighted by Crippen LogP contribution is 2.27. The third-order valence-electron chi connectivity index (χ3n) is 3.26. The number of anilines is 1. The van der Waals surface area contributed by atoms with Gasteiger partial charge in [0.25, 0.3) is 5.91 Å². The summed E-state index contributed by atoms with van der Waals surface area (Å²) in [5, 5.41) is 14.3. The molecular weight excluding hydrogens is 287 g/mol. The van der Waals surface area contributed by atoms with E-state index in [9.17, 15) is 19.1 Å². The number of rotatable bonds is 3. The fourth-order valence-electron chi connectivity index (χ4n) is 2.21. The zero-order chi connectivity index (χ0) is 15.7. The second-order valence-electron chi connectivity index (χ2n) is 4.67. The van der Waals surface area contributed by atoms with Crippen molar-refractivity contribution in [3.05, 3.63) is 65.6 Å². The third-order valence-corrected chi connectivity index (χ3v) is 3.26. The molecule has 1 heterocycles. The van der Waals surface area contributed by atoms with Gasteiger partial charge in [0.05, 0.1) is 17.4 Å². The topological polar surface area (TPSA) is 85.0 Å². The Kier molecular flexibility index (Phi) is 3.34. The van der Waals surface area contributed by atoms with Crippen LogP contribution in [0.2, 0.25) is 0 Å². The van der Waals surface area contributed by atoms with E-state index in [1.807, 2.05) is 0 Å². The van der Waals surface area contributed by atoms with Gasteiger partial charge in [-0.2, -0.15) is 0 Å². The molecule has 1 amide bonds. The Bertz CT molecular complexity index is 869. The monoisotopic (exact) mass is 297 g/mol. The van der Waals surface area contributed by atoms with Crippen molar-refractivity contribution in [2.24, 2.45) is 0 Å². The van der Waals surface area contributed by atoms with Gasteiger partial charge in [-0.1, -0.05) is 18.2 Å². The number of amides is 1. The minimum Gasteiger partial charge on any atom is -0.543 e. The van der Waals surface area contributed by atoms with E-state index in [-0.39, 0.29) is 16.9 Å². The van der Waals surface area contributed by atoms with Crippen molar-refractivity contribution in [2.45, 2.75) is 0 Å². The number of hydrogen-bond acceptors (Lipinski definition) is 3. The van der Waals surface area contributed by atoms with E-state index >= 15 is 0 Å². The minimum atomic E-state index is -1.43. The van der Waals surface area contributed by atoms with Gasteiger partial charge in [0, 0.05) is 16.5 Å². The Hall–Kier alpha value is -3.15. The Balaban J connectivity index is 2.02. The largest absolute Gasteiger partial charge is 0.543 e. The smallest absolute Gasteiger partial charge is 0.255 e. The van der Waals surface area contributed by atoms with Gasteiger partial charge in [0.15, 0.2) is 0 Å². The zero-order valence-corrected chi connectivity index (χ0v) is 11.2. The first-order valence-corrected chi connectivity index (χ1v) is 6.45. The maximum absolute atomic E-state index is 12.9. The number of carboxylic acids is 1. The average Bonchev–Trinajstić information content (AvgIpc) is 2.87. The molecule has 110 valence electrons. The van der Waals surface area contributed by atoms with Gasteiger partial charge in [-0.3, -0.25) is 4.79 Å². The molecule has 2 aromatic carbocycles. The summed E-state index contributed by atoms with van der Waals surface area (Å²) < 4.78 is 12.9. The van der Waals surface area contributed by atoms with E-state index in [0.29, 0.717) is 10.9 Å². The Morgan fingerprint density at radius 2 is 1.73 bits per heavy atom. The van der Waals surface area contributed by atoms with Crippen LogP contribution in [0.15, 0.2) is 48.5 Å². The first-order chi connectivity index (χ1) is 10.6. The van der Waals surface area contributed by atoms with E-state index in [4.69, 9.17) is 0 Å². The fourth-order valence-corrected chi connectivity index (χ4v) is 2.21. The molecule has 0 aliphatic rings. The molecule has 0 aliphatic heterocycles. The fraction of sp³-hybridized carbons (Fsp3) is 0. The van der Waals surface area contributed by atoms with Crippen LogP contribution in [0.25, 0.3) is 10.9 Å². The summed E-state index contributed by atoms with van der Waals surface area (Å²) in [7, 11) is 0. The molecule has 0 radical (unpaired) electrons. The number of aromatic carboxylic acids is 1. The number of benzene rings is 2. The number of para-hydroxylation sites is 1. The molecule has 0 saturated carbocycles. The molecule has 1 aromatic heterocycles. The molecule has 0 aliphatic carbocycles. The molecule has 0 atom stereocenters. The van der Waals surface area contributed by atoms with Crippen LogP contribution in [0.5, 0.6) is 0 Å². The summed E-state index contributed by atoms with van der Waals surface area (Å²) in [6, 6.07) is 11.8. The van der Waals surface area contributed by atoms with Gasteiger partial charge in [-0.15, -0.1) is 0 Å². The summed E-state index contributed by atoms with van der Waals surface area (Å²) in [6.45, 7) is 0. The second kappa shape index (κ2) is 5.33. The van der Waals surface area contributed by atoms with Gasteiger partial charge >= 0.3 is 0 Å². The molecule has 5 nitrogen and oxygen atoms in total. The van der Waals surface area contributed by atoms with Crippen molar-refractivity contribution in [3.8, 4) is 0 Å². The minimum absolute atomic E-state index is 0.130. The van der Waals surface area contributed by atoms with E-state index in [0.717, 1.165) is 12.1 Å². The van der Waals surface area contributed by atoms with Crippen molar-refractivity contribution < 1.29 is 19.1 Å². The van der Waals surface area contributed by atoms with Crippen molar-refractivity contribution >= 4 is 28.5 Å². The van der Waals surface area contributed by atoms with Crippen molar-refractivity contribution in [1.29, 1.82) is 0 Å². The number of carbonyl (C=O) groups is 2. The second-order valence-corrected chi connectivity index (χ2v) is 4.67. The molecular formula is C16H10FN2O3-. The van der Waals surface area contributed by atoms with Gasteiger partial charge < -0.3 is 20.2 Å². The van der Waals surface area contributed by atoms with Crippen molar-refractivity contribution in [1.82, 2.24) is 4.98 Å². The number of halogens is 1.